The lowest BCUT2D eigenvalue weighted by Gasteiger charge is -2.12. The number of hydrogen-bond donors (Lipinski definition) is 2. The summed E-state index contributed by atoms with van der Waals surface area (Å²) in [4.78, 5) is 0.361. The Kier molecular flexibility index (Phi) is 5.62. The summed E-state index contributed by atoms with van der Waals surface area (Å²) in [7, 11) is 0. The number of benzene rings is 2. The summed E-state index contributed by atoms with van der Waals surface area (Å²) in [6.07, 6.45) is 3.59. The van der Waals surface area contributed by atoms with Gasteiger partial charge < -0.3 is 10.4 Å². The number of aliphatic hydroxyl groups is 1. The standard InChI is InChI=1S/C22H19FN2OS/c1-15-6-11-19(16(2)14-15)24-22(27)20(25-12-4-3-5-13-25)21(26)17-7-9-18(23)10-8-17/h3-14H,1-2H3,(H-,24,26,27)/p+1. The Morgan fingerprint density at radius 2 is 1.67 bits per heavy atom. The molecule has 27 heavy (non-hydrogen) atoms. The minimum absolute atomic E-state index is 0.0338. The van der Waals surface area contributed by atoms with E-state index in [1.54, 1.807) is 17.0 Å². The molecule has 3 nitrogen and oxygen atoms in total. The summed E-state index contributed by atoms with van der Waals surface area (Å²) in [5, 5.41) is 14.1. The van der Waals surface area contributed by atoms with Crippen LogP contribution in [0.15, 0.2) is 73.1 Å². The number of aliphatic hydroxyl groups excluding tert-OH is 1. The van der Waals surface area contributed by atoms with Gasteiger partial charge in [0.1, 0.15) is 5.82 Å². The van der Waals surface area contributed by atoms with E-state index in [-0.39, 0.29) is 11.6 Å². The van der Waals surface area contributed by atoms with Crippen LogP contribution < -0.4 is 9.88 Å². The predicted molar refractivity (Wildman–Crippen MR) is 111 cm³/mol. The maximum Gasteiger partial charge on any atom is 0.288 e. The molecule has 1 heterocycles. The smallest absolute Gasteiger partial charge is 0.288 e. The Bertz CT molecular complexity index is 999. The molecular weight excluding hydrogens is 359 g/mol. The van der Waals surface area contributed by atoms with Gasteiger partial charge in [-0.1, -0.05) is 36.0 Å². The number of aryl methyl sites for hydroxylation is 2. The van der Waals surface area contributed by atoms with Gasteiger partial charge in [-0.25, -0.2) is 4.39 Å². The molecule has 0 saturated heterocycles. The number of aromatic nitrogens is 1. The zero-order valence-electron chi connectivity index (χ0n) is 15.1. The normalized spacial score (nSPS) is 11.7. The topological polar surface area (TPSA) is 36.1 Å². The van der Waals surface area contributed by atoms with E-state index in [1.807, 2.05) is 44.2 Å². The molecule has 0 atom stereocenters. The lowest BCUT2D eigenvalue weighted by Crippen LogP contribution is -2.38. The van der Waals surface area contributed by atoms with Crippen LogP contribution in [0.1, 0.15) is 16.7 Å². The molecule has 2 N–H and O–H groups in total. The summed E-state index contributed by atoms with van der Waals surface area (Å²) in [5.74, 6) is -0.398. The summed E-state index contributed by atoms with van der Waals surface area (Å²) >= 11 is 5.61. The third kappa shape index (κ3) is 4.38. The van der Waals surface area contributed by atoms with Crippen LogP contribution in [0.5, 0.6) is 0 Å². The summed E-state index contributed by atoms with van der Waals surface area (Å²) in [6.45, 7) is 4.03. The first-order valence-corrected chi connectivity index (χ1v) is 8.91. The Labute approximate surface area is 163 Å². The zero-order chi connectivity index (χ0) is 19.4. The van der Waals surface area contributed by atoms with Crippen molar-refractivity contribution in [2.75, 3.05) is 5.32 Å². The Balaban J connectivity index is 2.05. The molecule has 0 aliphatic carbocycles. The molecule has 0 aliphatic heterocycles. The van der Waals surface area contributed by atoms with Gasteiger partial charge in [0.15, 0.2) is 23.1 Å². The minimum Gasteiger partial charge on any atom is -0.502 e. The molecule has 2 aromatic carbocycles. The fourth-order valence-electron chi connectivity index (χ4n) is 2.77. The molecule has 0 bridgehead atoms. The fraction of sp³-hybridized carbons (Fsp3) is 0.0909. The quantitative estimate of drug-likeness (QED) is 0.288. The molecule has 136 valence electrons. The zero-order valence-corrected chi connectivity index (χ0v) is 15.9. The highest BCUT2D eigenvalue weighted by Crippen LogP contribution is 2.21. The highest BCUT2D eigenvalue weighted by molar-refractivity contribution is 7.81. The second-order valence-electron chi connectivity index (χ2n) is 6.26. The van der Waals surface area contributed by atoms with Crippen molar-refractivity contribution in [1.29, 1.82) is 0 Å². The van der Waals surface area contributed by atoms with E-state index in [9.17, 15) is 9.50 Å². The average molecular weight is 379 g/mol. The molecule has 0 aliphatic rings. The SMILES string of the molecule is Cc1ccc(NC(=S)C(=C(O)c2ccc(F)cc2)[n+]2ccccc2)c(C)c1. The van der Waals surface area contributed by atoms with E-state index in [0.29, 0.717) is 16.2 Å². The lowest BCUT2D eigenvalue weighted by molar-refractivity contribution is -0.575. The number of thiocarbonyl (C=S) groups is 1. The largest absolute Gasteiger partial charge is 0.502 e. The van der Waals surface area contributed by atoms with Gasteiger partial charge in [0, 0.05) is 23.4 Å². The number of anilines is 1. The first-order valence-electron chi connectivity index (χ1n) is 8.50. The van der Waals surface area contributed by atoms with Gasteiger partial charge in [0.25, 0.3) is 5.70 Å². The Morgan fingerprint density at radius 3 is 2.30 bits per heavy atom. The fourth-order valence-corrected chi connectivity index (χ4v) is 3.09. The second kappa shape index (κ2) is 8.10. The van der Waals surface area contributed by atoms with Crippen LogP contribution in [-0.2, 0) is 0 Å². The lowest BCUT2D eigenvalue weighted by atomic mass is 10.1. The van der Waals surface area contributed by atoms with E-state index in [0.717, 1.165) is 16.8 Å². The number of pyridine rings is 1. The van der Waals surface area contributed by atoms with Crippen molar-refractivity contribution in [2.24, 2.45) is 0 Å². The first kappa shape index (κ1) is 18.7. The maximum atomic E-state index is 13.3. The van der Waals surface area contributed by atoms with Gasteiger partial charge in [0.05, 0.1) is 0 Å². The molecule has 3 aromatic rings. The molecular formula is C22H20FN2OS+. The number of rotatable bonds is 4. The molecule has 5 heteroatoms. The number of halogens is 1. The van der Waals surface area contributed by atoms with Crippen molar-refractivity contribution in [3.8, 4) is 0 Å². The summed E-state index contributed by atoms with van der Waals surface area (Å²) < 4.78 is 15.0. The third-order valence-corrected chi connectivity index (χ3v) is 4.46. The predicted octanol–water partition coefficient (Wildman–Crippen LogP) is 5.05. The van der Waals surface area contributed by atoms with Gasteiger partial charge in [-0.15, -0.1) is 0 Å². The summed E-state index contributed by atoms with van der Waals surface area (Å²) in [6, 6.07) is 17.2. The van der Waals surface area contributed by atoms with Crippen LogP contribution >= 0.6 is 12.2 Å². The molecule has 0 amide bonds. The van der Waals surface area contributed by atoms with Crippen molar-refractivity contribution in [1.82, 2.24) is 0 Å². The van der Waals surface area contributed by atoms with Crippen molar-refractivity contribution in [2.45, 2.75) is 13.8 Å². The van der Waals surface area contributed by atoms with E-state index < -0.39 is 0 Å². The molecule has 0 spiro atoms. The number of hydrogen-bond acceptors (Lipinski definition) is 2. The van der Waals surface area contributed by atoms with Crippen LogP contribution in [0.2, 0.25) is 0 Å². The second-order valence-corrected chi connectivity index (χ2v) is 6.67. The van der Waals surface area contributed by atoms with Gasteiger partial charge in [-0.2, -0.15) is 4.57 Å². The molecule has 0 unspecified atom stereocenters. The molecule has 0 saturated carbocycles. The Morgan fingerprint density at radius 1 is 1.00 bits per heavy atom. The third-order valence-electron chi connectivity index (χ3n) is 4.16. The van der Waals surface area contributed by atoms with Crippen molar-refractivity contribution >= 4 is 34.3 Å². The Hall–Kier alpha value is -3.05. The van der Waals surface area contributed by atoms with Gasteiger partial charge in [-0.3, -0.25) is 0 Å². The molecule has 0 fully saturated rings. The minimum atomic E-state index is -0.364. The van der Waals surface area contributed by atoms with E-state index >= 15 is 0 Å². The van der Waals surface area contributed by atoms with Crippen LogP contribution in [-0.4, -0.2) is 10.1 Å². The molecule has 0 radical (unpaired) electrons. The molecule has 3 rings (SSSR count). The monoisotopic (exact) mass is 379 g/mol. The van der Waals surface area contributed by atoms with Crippen LogP contribution in [0.3, 0.4) is 0 Å². The van der Waals surface area contributed by atoms with Crippen molar-refractivity contribution in [3.05, 3.63) is 95.6 Å². The summed E-state index contributed by atoms with van der Waals surface area (Å²) in [5.41, 5.74) is 3.97. The van der Waals surface area contributed by atoms with Gasteiger partial charge in [0.2, 0.25) is 0 Å². The molecule has 1 aromatic heterocycles. The van der Waals surface area contributed by atoms with E-state index in [1.165, 1.54) is 24.3 Å². The maximum absolute atomic E-state index is 13.3. The van der Waals surface area contributed by atoms with Crippen molar-refractivity contribution < 1.29 is 14.1 Å². The van der Waals surface area contributed by atoms with Gasteiger partial charge >= 0.3 is 0 Å². The highest BCUT2D eigenvalue weighted by Gasteiger charge is 2.24. The number of nitrogens with zero attached hydrogens (tertiary/aromatic N) is 1. The first-order chi connectivity index (χ1) is 13.0. The van der Waals surface area contributed by atoms with Crippen molar-refractivity contribution in [3.63, 3.8) is 0 Å². The van der Waals surface area contributed by atoms with Crippen LogP contribution in [0, 0.1) is 19.7 Å². The highest BCUT2D eigenvalue weighted by atomic mass is 32.1. The average Bonchev–Trinajstić information content (AvgIpc) is 2.65. The van der Waals surface area contributed by atoms with E-state index in [4.69, 9.17) is 12.2 Å². The van der Waals surface area contributed by atoms with Crippen LogP contribution in [0.25, 0.3) is 11.5 Å². The number of nitrogens with one attached hydrogen (secondary N) is 1. The van der Waals surface area contributed by atoms with Gasteiger partial charge in [-0.05, 0) is 49.7 Å². The van der Waals surface area contributed by atoms with Crippen LogP contribution in [0.4, 0.5) is 10.1 Å². The van der Waals surface area contributed by atoms with E-state index in [2.05, 4.69) is 11.4 Å².